The van der Waals surface area contributed by atoms with Crippen LogP contribution in [0.5, 0.6) is 0 Å². The Morgan fingerprint density at radius 1 is 0.325 bits per heavy atom. The second kappa shape index (κ2) is 20.6. The number of aromatic nitrogens is 2. The Bertz CT molecular complexity index is 3760. The van der Waals surface area contributed by atoms with Crippen molar-refractivity contribution in [3.05, 3.63) is 310 Å². The second-order valence-corrected chi connectivity index (χ2v) is 20.9. The predicted octanol–water partition coefficient (Wildman–Crippen LogP) is 18.6. The Balaban J connectivity index is 1.02. The van der Waals surface area contributed by atoms with Gasteiger partial charge in [-0.1, -0.05) is 108 Å². The third-order valence-corrected chi connectivity index (χ3v) is 15.2. The van der Waals surface area contributed by atoms with Crippen molar-refractivity contribution in [3.63, 3.8) is 0 Å². The predicted molar refractivity (Wildman–Crippen MR) is 335 cm³/mol. The average molecular weight is 1040 g/mol. The van der Waals surface area contributed by atoms with Crippen LogP contribution in [0, 0.1) is 41.5 Å². The summed E-state index contributed by atoms with van der Waals surface area (Å²) in [4.78, 5) is 28.3. The molecule has 8 heteroatoms. The molecule has 5 heterocycles. The molecule has 0 fully saturated rings. The lowest BCUT2D eigenvalue weighted by atomic mass is 9.91. The van der Waals surface area contributed by atoms with E-state index >= 15 is 0 Å². The fraction of sp³-hybridized carbons (Fsp3) is 0.0833. The molecule has 10 aromatic rings. The molecule has 80 heavy (non-hydrogen) atoms. The molecule has 2 aromatic heterocycles. The number of allylic oxidation sites excluding steroid dienone is 2. The second-order valence-electron chi connectivity index (χ2n) is 20.9. The fourth-order valence-electron chi connectivity index (χ4n) is 12.0. The zero-order chi connectivity index (χ0) is 54.4. The van der Waals surface area contributed by atoms with Crippen molar-refractivity contribution in [2.75, 3.05) is 19.6 Å². The zero-order valence-electron chi connectivity index (χ0n) is 45.8. The van der Waals surface area contributed by atoms with Crippen molar-refractivity contribution < 1.29 is 0 Å². The van der Waals surface area contributed by atoms with Crippen LogP contribution in [0.25, 0.3) is 11.1 Å². The first-order valence-corrected chi connectivity index (χ1v) is 27.3. The van der Waals surface area contributed by atoms with Gasteiger partial charge in [-0.3, -0.25) is 9.80 Å². The number of aliphatic imine (C=N–C) groups is 2. The number of rotatable bonds is 10. The van der Waals surface area contributed by atoms with E-state index in [0.717, 1.165) is 114 Å². The Labute approximate surface area is 468 Å². The van der Waals surface area contributed by atoms with Gasteiger partial charge in [0.05, 0.1) is 11.4 Å². The number of anilines is 10. The van der Waals surface area contributed by atoms with Crippen molar-refractivity contribution in [1.29, 1.82) is 0 Å². The van der Waals surface area contributed by atoms with E-state index in [4.69, 9.17) is 9.98 Å². The molecule has 8 bridgehead atoms. The summed E-state index contributed by atoms with van der Waals surface area (Å²) in [7, 11) is 0. The van der Waals surface area contributed by atoms with Gasteiger partial charge in [0, 0.05) is 68.0 Å². The summed E-state index contributed by atoms with van der Waals surface area (Å²) < 4.78 is 0. The molecule has 0 amide bonds. The minimum atomic E-state index is 0.780. The highest BCUT2D eigenvalue weighted by Crippen LogP contribution is 2.44. The highest BCUT2D eigenvalue weighted by Gasteiger charge is 2.29. The first-order valence-electron chi connectivity index (χ1n) is 27.3. The molecule has 0 atom stereocenters. The highest BCUT2D eigenvalue weighted by molar-refractivity contribution is 6.15. The van der Waals surface area contributed by atoms with Gasteiger partial charge >= 0.3 is 0 Å². The largest absolute Gasteiger partial charge is 0.341 e. The van der Waals surface area contributed by atoms with Gasteiger partial charge in [0.2, 0.25) is 0 Å². The van der Waals surface area contributed by atoms with Gasteiger partial charge in [0.15, 0.2) is 0 Å². The molecular weight excluding hydrogens is 977 g/mol. The molecule has 0 aliphatic carbocycles. The van der Waals surface area contributed by atoms with Crippen molar-refractivity contribution in [2.45, 2.75) is 41.5 Å². The van der Waals surface area contributed by atoms with Crippen LogP contribution >= 0.6 is 0 Å². The van der Waals surface area contributed by atoms with E-state index in [1.54, 1.807) is 0 Å². The van der Waals surface area contributed by atoms with Crippen molar-refractivity contribution in [3.8, 4) is 0 Å². The third-order valence-electron chi connectivity index (χ3n) is 15.2. The minimum absolute atomic E-state index is 0.780. The molecular formula is C72H60N8. The van der Waals surface area contributed by atoms with Gasteiger partial charge in [-0.2, -0.15) is 0 Å². The van der Waals surface area contributed by atoms with Crippen LogP contribution in [-0.4, -0.2) is 21.6 Å². The summed E-state index contributed by atoms with van der Waals surface area (Å²) in [5.41, 5.74) is 23.4. The Hall–Kier alpha value is -10.2. The summed E-state index contributed by atoms with van der Waals surface area (Å²) in [6, 6.07) is 77.6. The number of aromatic amines is 2. The lowest BCUT2D eigenvalue weighted by molar-refractivity contribution is 1.19. The molecule has 0 saturated heterocycles. The van der Waals surface area contributed by atoms with Crippen molar-refractivity contribution >= 4 is 80.0 Å². The zero-order valence-corrected chi connectivity index (χ0v) is 45.8. The first-order chi connectivity index (χ1) is 39.1. The highest BCUT2D eigenvalue weighted by atomic mass is 15.3. The van der Waals surface area contributed by atoms with E-state index in [2.05, 4.69) is 314 Å². The van der Waals surface area contributed by atoms with Crippen LogP contribution in [-0.2, 0) is 0 Å². The lowest BCUT2D eigenvalue weighted by Crippen LogP contribution is -2.24. The number of fused-ring (bicyclic) bond motifs is 6. The van der Waals surface area contributed by atoms with Gasteiger partial charge < -0.3 is 19.8 Å². The SMILES string of the molecule is Cc1cc(C)c(C2=C3C=CC(=N3)N(c3ccc(N(c4ccccc4)c4ccccc4)cc3)c3ccc([nH]3)C(c3c(C)cc(C)cc3C)=C3C=CC(=N3)N(c3ccc(N(c4ccccc4)c4ccccc4)cc3)c3ccc2[nH]3)c(C)c1. The van der Waals surface area contributed by atoms with E-state index in [-0.39, 0.29) is 0 Å². The van der Waals surface area contributed by atoms with Gasteiger partial charge in [0.25, 0.3) is 0 Å². The molecule has 3 aliphatic rings. The molecule has 8 nitrogen and oxygen atoms in total. The van der Waals surface area contributed by atoms with E-state index in [1.165, 1.54) is 33.4 Å². The number of hydrogen-bond donors (Lipinski definition) is 2. The Morgan fingerprint density at radius 3 is 0.938 bits per heavy atom. The maximum Gasteiger partial charge on any atom is 0.139 e. The number of nitrogens with one attached hydrogen (secondary N) is 2. The van der Waals surface area contributed by atoms with Crippen molar-refractivity contribution in [2.24, 2.45) is 9.98 Å². The summed E-state index contributed by atoms with van der Waals surface area (Å²) >= 11 is 0. The maximum absolute atomic E-state index is 5.66. The quantitative estimate of drug-likeness (QED) is 0.143. The average Bonchev–Trinajstić information content (AvgIpc) is 4.39. The number of benzene rings is 8. The van der Waals surface area contributed by atoms with E-state index < -0.39 is 0 Å². The van der Waals surface area contributed by atoms with Crippen LogP contribution in [0.4, 0.5) is 57.1 Å². The van der Waals surface area contributed by atoms with Crippen LogP contribution in [0.1, 0.15) is 55.9 Å². The molecule has 3 aliphatic heterocycles. The molecule has 388 valence electrons. The van der Waals surface area contributed by atoms with Gasteiger partial charge in [0.1, 0.15) is 23.3 Å². The van der Waals surface area contributed by atoms with E-state index in [1.807, 2.05) is 0 Å². The van der Waals surface area contributed by atoms with E-state index in [0.29, 0.717) is 0 Å². The molecule has 0 radical (unpaired) electrons. The van der Waals surface area contributed by atoms with Gasteiger partial charge in [-0.25, -0.2) is 9.98 Å². The number of hydrogen-bond acceptors (Lipinski definition) is 6. The number of H-pyrrole nitrogens is 2. The fourth-order valence-corrected chi connectivity index (χ4v) is 12.0. The number of amidine groups is 2. The Morgan fingerprint density at radius 2 is 0.625 bits per heavy atom. The summed E-state index contributed by atoms with van der Waals surface area (Å²) in [6.45, 7) is 13.2. The van der Waals surface area contributed by atoms with Crippen molar-refractivity contribution in [1.82, 2.24) is 9.97 Å². The minimum Gasteiger partial charge on any atom is -0.341 e. The summed E-state index contributed by atoms with van der Waals surface area (Å²) in [5, 5.41) is 0. The first kappa shape index (κ1) is 49.4. The monoisotopic (exact) mass is 1040 g/mol. The summed E-state index contributed by atoms with van der Waals surface area (Å²) in [6.07, 6.45) is 8.64. The molecule has 8 aromatic carbocycles. The molecule has 0 spiro atoms. The van der Waals surface area contributed by atoms with Gasteiger partial charge in [-0.15, -0.1) is 0 Å². The lowest BCUT2D eigenvalue weighted by Gasteiger charge is -2.27. The molecule has 0 unspecified atom stereocenters. The maximum atomic E-state index is 5.66. The normalized spacial score (nSPS) is 13.8. The standard InChI is InChI=1S/C72H60N8/c1-47-43-49(3)69(50(4)44-47)71-61-35-39-65(73-61)79(59-31-27-57(28-32-59)77(53-19-11-7-12-20-53)54-21-13-8-14-22-54)67-41-37-63(75-67)72(70-51(5)45-48(2)46-52(70)6)64-38-42-68(76-64)80(66-40-36-62(71)74-66)60-33-29-58(30-34-60)78(55-23-15-9-16-24-55)56-25-17-10-18-26-56/h7-46,73,76H,1-6H3. The van der Waals surface area contributed by atoms with Gasteiger partial charge in [-0.05, 0) is 221 Å². The Kier molecular flexibility index (Phi) is 12.7. The van der Waals surface area contributed by atoms with Crippen LogP contribution in [0.3, 0.4) is 0 Å². The van der Waals surface area contributed by atoms with Crippen LogP contribution < -0.4 is 19.6 Å². The topological polar surface area (TPSA) is 69.3 Å². The smallest absolute Gasteiger partial charge is 0.139 e. The number of para-hydroxylation sites is 4. The molecule has 0 saturated carbocycles. The number of nitrogens with zero attached hydrogens (tertiary/aromatic N) is 6. The van der Waals surface area contributed by atoms with Crippen LogP contribution in [0.2, 0.25) is 0 Å². The molecule has 2 N–H and O–H groups in total. The number of aryl methyl sites for hydroxylation is 6. The van der Waals surface area contributed by atoms with Crippen LogP contribution in [0.15, 0.2) is 264 Å². The third kappa shape index (κ3) is 9.16. The van der Waals surface area contributed by atoms with E-state index in [9.17, 15) is 0 Å². The molecule has 13 rings (SSSR count). The summed E-state index contributed by atoms with van der Waals surface area (Å²) in [5.74, 6) is 3.30.